The van der Waals surface area contributed by atoms with Gasteiger partial charge in [-0.15, -0.1) is 0 Å². The van der Waals surface area contributed by atoms with Crippen molar-refractivity contribution in [2.45, 2.75) is 40.2 Å². The van der Waals surface area contributed by atoms with Crippen LogP contribution in [0.4, 0.5) is 10.1 Å². The number of benzene rings is 4. The Morgan fingerprint density at radius 2 is 1.77 bits per heavy atom. The molecule has 44 heavy (non-hydrogen) atoms. The summed E-state index contributed by atoms with van der Waals surface area (Å²) in [6, 6.07) is 21.1. The van der Waals surface area contributed by atoms with Crippen LogP contribution < -0.4 is 15.0 Å². The highest BCUT2D eigenvalue weighted by molar-refractivity contribution is 5.85. The van der Waals surface area contributed by atoms with Crippen LogP contribution in [0.3, 0.4) is 0 Å². The number of ether oxygens (including phenoxy) is 2. The summed E-state index contributed by atoms with van der Waals surface area (Å²) >= 11 is 0. The molecule has 0 saturated carbocycles. The second-order valence-corrected chi connectivity index (χ2v) is 10.5. The van der Waals surface area contributed by atoms with Gasteiger partial charge in [0.25, 0.3) is 11.2 Å². The summed E-state index contributed by atoms with van der Waals surface area (Å²) in [7, 11) is 0. The van der Waals surface area contributed by atoms with E-state index in [0.717, 1.165) is 16.9 Å². The van der Waals surface area contributed by atoms with Gasteiger partial charge in [0.1, 0.15) is 23.9 Å². The molecule has 0 aliphatic rings. The first-order chi connectivity index (χ1) is 21.2. The largest absolute Gasteiger partial charge is 0.494 e. The zero-order chi connectivity index (χ0) is 31.4. The van der Waals surface area contributed by atoms with Gasteiger partial charge < -0.3 is 9.47 Å². The minimum atomic E-state index is -0.538. The molecule has 0 aliphatic heterocycles. The summed E-state index contributed by atoms with van der Waals surface area (Å²) in [5.74, 6) is 0.973. The fraction of sp³-hybridized carbons (Fsp3) is 0.206. The molecule has 0 spiro atoms. The number of fused-ring (bicyclic) bond motifs is 1. The molecular formula is C34H31FN4O5. The van der Waals surface area contributed by atoms with E-state index in [1.807, 2.05) is 26.0 Å². The Morgan fingerprint density at radius 3 is 2.50 bits per heavy atom. The Kier molecular flexibility index (Phi) is 8.80. The van der Waals surface area contributed by atoms with E-state index in [9.17, 15) is 19.3 Å². The quantitative estimate of drug-likeness (QED) is 0.0947. The number of para-hydroxylation sites is 1. The van der Waals surface area contributed by atoms with Gasteiger partial charge in [-0.25, -0.2) is 9.37 Å². The lowest BCUT2D eigenvalue weighted by Gasteiger charge is -2.18. The second-order valence-electron chi connectivity index (χ2n) is 10.5. The molecule has 0 amide bonds. The Labute approximate surface area is 253 Å². The van der Waals surface area contributed by atoms with E-state index in [1.54, 1.807) is 42.5 Å². The van der Waals surface area contributed by atoms with Gasteiger partial charge in [0, 0.05) is 28.8 Å². The third-order valence-electron chi connectivity index (χ3n) is 7.13. The molecule has 5 aromatic rings. The van der Waals surface area contributed by atoms with E-state index in [2.05, 4.69) is 18.9 Å². The molecule has 0 radical (unpaired) electrons. The lowest BCUT2D eigenvalue weighted by atomic mass is 9.96. The third kappa shape index (κ3) is 6.19. The summed E-state index contributed by atoms with van der Waals surface area (Å²) in [5.41, 5.74) is 2.90. The molecule has 9 nitrogen and oxygen atoms in total. The summed E-state index contributed by atoms with van der Waals surface area (Å²) in [6.07, 6.45) is 1.32. The van der Waals surface area contributed by atoms with Crippen molar-refractivity contribution in [3.05, 3.63) is 127 Å². The maximum atomic E-state index is 14.2. The average molecular weight is 595 g/mol. The van der Waals surface area contributed by atoms with Crippen molar-refractivity contribution >= 4 is 22.8 Å². The third-order valence-corrected chi connectivity index (χ3v) is 7.13. The molecule has 0 atom stereocenters. The first-order valence-corrected chi connectivity index (χ1v) is 14.2. The Bertz CT molecular complexity index is 1950. The van der Waals surface area contributed by atoms with E-state index in [1.165, 1.54) is 35.2 Å². The van der Waals surface area contributed by atoms with Crippen molar-refractivity contribution in [2.24, 2.45) is 5.10 Å². The van der Waals surface area contributed by atoms with Crippen molar-refractivity contribution in [1.29, 1.82) is 0 Å². The van der Waals surface area contributed by atoms with Gasteiger partial charge in [-0.3, -0.25) is 14.9 Å². The minimum absolute atomic E-state index is 0.114. The van der Waals surface area contributed by atoms with Gasteiger partial charge in [-0.1, -0.05) is 44.2 Å². The van der Waals surface area contributed by atoms with Crippen LogP contribution >= 0.6 is 0 Å². The molecule has 0 N–H and O–H groups in total. The van der Waals surface area contributed by atoms with Gasteiger partial charge in [0.15, 0.2) is 5.82 Å². The molecule has 224 valence electrons. The highest BCUT2D eigenvalue weighted by Gasteiger charge is 2.19. The van der Waals surface area contributed by atoms with Gasteiger partial charge in [-0.2, -0.15) is 9.78 Å². The van der Waals surface area contributed by atoms with Crippen LogP contribution in [-0.4, -0.2) is 27.4 Å². The summed E-state index contributed by atoms with van der Waals surface area (Å²) < 4.78 is 27.2. The lowest BCUT2D eigenvalue weighted by Crippen LogP contribution is -2.21. The molecule has 0 unspecified atom stereocenters. The summed E-state index contributed by atoms with van der Waals surface area (Å²) in [4.78, 5) is 29.7. The molecule has 0 bridgehead atoms. The number of rotatable bonds is 10. The van der Waals surface area contributed by atoms with Crippen molar-refractivity contribution in [3.63, 3.8) is 0 Å². The number of nitrogens with zero attached hydrogens (tertiary/aromatic N) is 4. The van der Waals surface area contributed by atoms with Crippen molar-refractivity contribution in [3.8, 4) is 22.9 Å². The minimum Gasteiger partial charge on any atom is -0.494 e. The SMILES string of the molecule is CCOc1cc(C)c(-c2nc3ccccc3c(=O)n2N=Cc2cc([N+](=O)[O-])ccc2OCc2ccccc2F)cc1C(C)C. The number of hydrogen-bond acceptors (Lipinski definition) is 7. The van der Waals surface area contributed by atoms with Crippen molar-refractivity contribution in [1.82, 2.24) is 9.66 Å². The van der Waals surface area contributed by atoms with Crippen molar-refractivity contribution < 1.29 is 18.8 Å². The van der Waals surface area contributed by atoms with Crippen LogP contribution in [0.2, 0.25) is 0 Å². The van der Waals surface area contributed by atoms with Crippen LogP contribution in [0.5, 0.6) is 11.5 Å². The van der Waals surface area contributed by atoms with Crippen LogP contribution in [0.15, 0.2) is 88.8 Å². The fourth-order valence-corrected chi connectivity index (χ4v) is 4.85. The van der Waals surface area contributed by atoms with Crippen LogP contribution in [0.25, 0.3) is 22.3 Å². The van der Waals surface area contributed by atoms with E-state index in [-0.39, 0.29) is 29.5 Å². The zero-order valence-electron chi connectivity index (χ0n) is 24.8. The monoisotopic (exact) mass is 594 g/mol. The van der Waals surface area contributed by atoms with E-state index < -0.39 is 16.3 Å². The summed E-state index contributed by atoms with van der Waals surface area (Å²) in [5, 5.41) is 16.5. The molecule has 1 heterocycles. The van der Waals surface area contributed by atoms with Crippen molar-refractivity contribution in [2.75, 3.05) is 6.61 Å². The van der Waals surface area contributed by atoms with E-state index >= 15 is 0 Å². The van der Waals surface area contributed by atoms with Gasteiger partial charge in [-0.05, 0) is 67.3 Å². The Hall–Kier alpha value is -5.38. The molecule has 5 rings (SSSR count). The van der Waals surface area contributed by atoms with E-state index in [0.29, 0.717) is 34.5 Å². The molecule has 10 heteroatoms. The molecule has 0 saturated heterocycles. The lowest BCUT2D eigenvalue weighted by molar-refractivity contribution is -0.384. The van der Waals surface area contributed by atoms with Gasteiger partial charge in [0.2, 0.25) is 0 Å². The molecular weight excluding hydrogens is 563 g/mol. The Balaban J connectivity index is 1.67. The number of non-ortho nitro benzene ring substituents is 1. The standard InChI is InChI=1S/C34H31FN4O5/c1-5-43-32-16-22(4)28(18-27(32)21(2)3)33-37-30-13-9-7-11-26(30)34(40)38(33)36-19-24-17-25(39(41)42)14-15-31(24)44-20-23-10-6-8-12-29(23)35/h6-19,21H,5,20H2,1-4H3. The first kappa shape index (κ1) is 30.1. The summed E-state index contributed by atoms with van der Waals surface area (Å²) in [6.45, 7) is 8.34. The van der Waals surface area contributed by atoms with Crippen LogP contribution in [-0.2, 0) is 6.61 Å². The number of nitro groups is 1. The maximum absolute atomic E-state index is 14.2. The normalized spacial score (nSPS) is 11.4. The highest BCUT2D eigenvalue weighted by Crippen LogP contribution is 2.34. The topological polar surface area (TPSA) is 109 Å². The Morgan fingerprint density at radius 1 is 1.02 bits per heavy atom. The average Bonchev–Trinajstić information content (AvgIpc) is 3.00. The predicted molar refractivity (Wildman–Crippen MR) is 168 cm³/mol. The van der Waals surface area contributed by atoms with Gasteiger partial charge in [0.05, 0.1) is 28.6 Å². The predicted octanol–water partition coefficient (Wildman–Crippen LogP) is 7.40. The molecule has 0 aliphatic carbocycles. The van der Waals surface area contributed by atoms with Crippen LogP contribution in [0, 0.1) is 22.9 Å². The molecule has 1 aromatic heterocycles. The maximum Gasteiger partial charge on any atom is 0.282 e. The highest BCUT2D eigenvalue weighted by atomic mass is 19.1. The van der Waals surface area contributed by atoms with Crippen LogP contribution in [0.1, 0.15) is 48.9 Å². The number of nitro benzene ring substituents is 1. The van der Waals surface area contributed by atoms with E-state index in [4.69, 9.17) is 14.5 Å². The zero-order valence-corrected chi connectivity index (χ0v) is 24.8. The number of aryl methyl sites for hydroxylation is 1. The number of aromatic nitrogens is 2. The smallest absolute Gasteiger partial charge is 0.282 e. The second kappa shape index (κ2) is 12.9. The van der Waals surface area contributed by atoms with Gasteiger partial charge >= 0.3 is 0 Å². The molecule has 0 fully saturated rings. The number of halogens is 1. The fourth-order valence-electron chi connectivity index (χ4n) is 4.85. The molecule has 4 aromatic carbocycles. The first-order valence-electron chi connectivity index (χ1n) is 14.2. The number of hydrogen-bond donors (Lipinski definition) is 0.